The standard InChI is InChI=1S/C24H38N4O/c1-2-25-23(28-15-11-24(19-28)12-16-29-20-24)26-17-21-9-5-6-10-22(21)18-27-13-7-3-4-8-14-27/h5-6,9-10H,2-4,7-8,11-20H2,1H3,(H,25,26). The van der Waals surface area contributed by atoms with Gasteiger partial charge in [-0.1, -0.05) is 37.1 Å². The van der Waals surface area contributed by atoms with Gasteiger partial charge in [0.05, 0.1) is 13.2 Å². The zero-order valence-electron chi connectivity index (χ0n) is 18.2. The lowest BCUT2D eigenvalue weighted by Crippen LogP contribution is -2.41. The van der Waals surface area contributed by atoms with Crippen LogP contribution in [-0.4, -0.2) is 61.7 Å². The average Bonchev–Trinajstić information content (AvgIpc) is 3.30. The van der Waals surface area contributed by atoms with E-state index in [1.165, 1.54) is 62.7 Å². The first kappa shape index (κ1) is 20.7. The molecule has 1 spiro atoms. The molecular formula is C24H38N4O. The molecule has 160 valence electrons. The summed E-state index contributed by atoms with van der Waals surface area (Å²) in [4.78, 5) is 10.1. The summed E-state index contributed by atoms with van der Waals surface area (Å²) in [5.74, 6) is 1.07. The zero-order valence-corrected chi connectivity index (χ0v) is 18.2. The highest BCUT2D eigenvalue weighted by atomic mass is 16.5. The Labute approximate surface area is 176 Å². The minimum atomic E-state index is 0.362. The fourth-order valence-corrected chi connectivity index (χ4v) is 5.07. The third kappa shape index (κ3) is 5.32. The van der Waals surface area contributed by atoms with Crippen LogP contribution < -0.4 is 5.32 Å². The lowest BCUT2D eigenvalue weighted by molar-refractivity contribution is 0.156. The van der Waals surface area contributed by atoms with Crippen molar-refractivity contribution in [3.63, 3.8) is 0 Å². The third-order valence-corrected chi connectivity index (χ3v) is 6.87. The molecular weight excluding hydrogens is 360 g/mol. The van der Waals surface area contributed by atoms with Crippen molar-refractivity contribution in [1.82, 2.24) is 15.1 Å². The number of aliphatic imine (C=N–C) groups is 1. The van der Waals surface area contributed by atoms with Crippen molar-refractivity contribution < 1.29 is 4.74 Å². The number of hydrogen-bond acceptors (Lipinski definition) is 3. The van der Waals surface area contributed by atoms with Crippen LogP contribution in [0.2, 0.25) is 0 Å². The largest absolute Gasteiger partial charge is 0.381 e. The number of nitrogens with zero attached hydrogens (tertiary/aromatic N) is 3. The monoisotopic (exact) mass is 398 g/mol. The summed E-state index contributed by atoms with van der Waals surface area (Å²) in [6, 6.07) is 8.89. The number of guanidine groups is 1. The van der Waals surface area contributed by atoms with Gasteiger partial charge in [0.2, 0.25) is 0 Å². The Morgan fingerprint density at radius 2 is 1.86 bits per heavy atom. The molecule has 1 aromatic rings. The van der Waals surface area contributed by atoms with Crippen molar-refractivity contribution in [1.29, 1.82) is 0 Å². The Bertz CT molecular complexity index is 675. The summed E-state index contributed by atoms with van der Waals surface area (Å²) in [6.45, 7) is 11.4. The van der Waals surface area contributed by atoms with E-state index in [0.717, 1.165) is 51.9 Å². The molecule has 3 heterocycles. The molecule has 0 amide bonds. The summed E-state index contributed by atoms with van der Waals surface area (Å²) in [6.07, 6.45) is 7.87. The highest BCUT2D eigenvalue weighted by Crippen LogP contribution is 2.38. The normalized spacial score (nSPS) is 26.2. The van der Waals surface area contributed by atoms with Crippen LogP contribution in [-0.2, 0) is 17.8 Å². The van der Waals surface area contributed by atoms with Crippen molar-refractivity contribution in [2.24, 2.45) is 10.4 Å². The molecule has 3 aliphatic heterocycles. The summed E-state index contributed by atoms with van der Waals surface area (Å²) < 4.78 is 5.70. The number of benzene rings is 1. The molecule has 0 bridgehead atoms. The van der Waals surface area contributed by atoms with Gasteiger partial charge >= 0.3 is 0 Å². The second-order valence-corrected chi connectivity index (χ2v) is 9.10. The van der Waals surface area contributed by atoms with E-state index in [0.29, 0.717) is 5.41 Å². The summed E-state index contributed by atoms with van der Waals surface area (Å²) in [7, 11) is 0. The second-order valence-electron chi connectivity index (χ2n) is 9.10. The van der Waals surface area contributed by atoms with Crippen LogP contribution >= 0.6 is 0 Å². The van der Waals surface area contributed by atoms with Crippen LogP contribution in [0.25, 0.3) is 0 Å². The van der Waals surface area contributed by atoms with Crippen LogP contribution in [0.1, 0.15) is 56.6 Å². The molecule has 5 nitrogen and oxygen atoms in total. The molecule has 3 saturated heterocycles. The van der Waals surface area contributed by atoms with Gasteiger partial charge < -0.3 is 15.0 Å². The predicted molar refractivity (Wildman–Crippen MR) is 119 cm³/mol. The molecule has 1 aromatic carbocycles. The molecule has 3 aliphatic rings. The number of ether oxygens (including phenoxy) is 1. The maximum Gasteiger partial charge on any atom is 0.194 e. The molecule has 1 unspecified atom stereocenters. The first-order valence-corrected chi connectivity index (χ1v) is 11.7. The van der Waals surface area contributed by atoms with E-state index < -0.39 is 0 Å². The Balaban J connectivity index is 1.43. The molecule has 5 heteroatoms. The van der Waals surface area contributed by atoms with Crippen LogP contribution in [0.15, 0.2) is 29.3 Å². The molecule has 0 aromatic heterocycles. The molecule has 29 heavy (non-hydrogen) atoms. The van der Waals surface area contributed by atoms with E-state index in [4.69, 9.17) is 9.73 Å². The number of rotatable bonds is 5. The molecule has 0 aliphatic carbocycles. The van der Waals surface area contributed by atoms with E-state index in [9.17, 15) is 0 Å². The summed E-state index contributed by atoms with van der Waals surface area (Å²) in [5, 5.41) is 3.53. The topological polar surface area (TPSA) is 40.1 Å². The number of nitrogens with one attached hydrogen (secondary N) is 1. The Morgan fingerprint density at radius 3 is 2.59 bits per heavy atom. The Kier molecular flexibility index (Phi) is 7.09. The smallest absolute Gasteiger partial charge is 0.194 e. The minimum Gasteiger partial charge on any atom is -0.381 e. The molecule has 1 N–H and O–H groups in total. The van der Waals surface area contributed by atoms with Crippen LogP contribution in [0.4, 0.5) is 0 Å². The minimum absolute atomic E-state index is 0.362. The quantitative estimate of drug-likeness (QED) is 0.607. The molecule has 4 rings (SSSR count). The van der Waals surface area contributed by atoms with Gasteiger partial charge in [0.1, 0.15) is 0 Å². The van der Waals surface area contributed by atoms with E-state index in [2.05, 4.69) is 46.3 Å². The van der Waals surface area contributed by atoms with Gasteiger partial charge in [-0.15, -0.1) is 0 Å². The number of hydrogen-bond donors (Lipinski definition) is 1. The molecule has 0 radical (unpaired) electrons. The highest BCUT2D eigenvalue weighted by Gasteiger charge is 2.42. The number of likely N-dealkylation sites (tertiary alicyclic amines) is 2. The Hall–Kier alpha value is -1.59. The maximum absolute atomic E-state index is 5.70. The van der Waals surface area contributed by atoms with Gasteiger partial charge in [-0.25, -0.2) is 4.99 Å². The average molecular weight is 399 g/mol. The van der Waals surface area contributed by atoms with Gasteiger partial charge in [-0.2, -0.15) is 0 Å². The predicted octanol–water partition coefficient (Wildman–Crippen LogP) is 3.64. The summed E-state index contributed by atoms with van der Waals surface area (Å²) in [5.41, 5.74) is 3.17. The maximum atomic E-state index is 5.70. The third-order valence-electron chi connectivity index (χ3n) is 6.87. The van der Waals surface area contributed by atoms with Gasteiger partial charge in [0, 0.05) is 38.2 Å². The van der Waals surface area contributed by atoms with Crippen LogP contribution in [0.5, 0.6) is 0 Å². The highest BCUT2D eigenvalue weighted by molar-refractivity contribution is 5.80. The van der Waals surface area contributed by atoms with E-state index in [-0.39, 0.29) is 0 Å². The Morgan fingerprint density at radius 1 is 1.07 bits per heavy atom. The van der Waals surface area contributed by atoms with Crippen molar-refractivity contribution in [2.75, 3.05) is 45.9 Å². The summed E-state index contributed by atoms with van der Waals surface area (Å²) >= 11 is 0. The second kappa shape index (κ2) is 9.94. The zero-order chi connectivity index (χ0) is 19.9. The fourth-order valence-electron chi connectivity index (χ4n) is 5.07. The fraction of sp³-hybridized carbons (Fsp3) is 0.708. The lowest BCUT2D eigenvalue weighted by atomic mass is 9.87. The van der Waals surface area contributed by atoms with Gasteiger partial charge in [-0.05, 0) is 56.8 Å². The lowest BCUT2D eigenvalue weighted by Gasteiger charge is -2.25. The van der Waals surface area contributed by atoms with Crippen LogP contribution in [0, 0.1) is 5.41 Å². The van der Waals surface area contributed by atoms with Crippen molar-refractivity contribution >= 4 is 5.96 Å². The SMILES string of the molecule is CCNC(=NCc1ccccc1CN1CCCCCC1)N1CCC2(CCOC2)C1. The van der Waals surface area contributed by atoms with Gasteiger partial charge in [0.25, 0.3) is 0 Å². The van der Waals surface area contributed by atoms with E-state index in [1.54, 1.807) is 0 Å². The van der Waals surface area contributed by atoms with E-state index in [1.807, 2.05) is 0 Å². The molecule has 1 atom stereocenters. The van der Waals surface area contributed by atoms with Crippen molar-refractivity contribution in [2.45, 2.75) is 58.5 Å². The van der Waals surface area contributed by atoms with Crippen molar-refractivity contribution in [3.05, 3.63) is 35.4 Å². The first-order chi connectivity index (χ1) is 14.3. The molecule has 0 saturated carbocycles. The molecule has 3 fully saturated rings. The van der Waals surface area contributed by atoms with Crippen molar-refractivity contribution in [3.8, 4) is 0 Å². The first-order valence-electron chi connectivity index (χ1n) is 11.7. The van der Waals surface area contributed by atoms with Gasteiger partial charge in [0.15, 0.2) is 5.96 Å². The van der Waals surface area contributed by atoms with Gasteiger partial charge in [-0.3, -0.25) is 4.90 Å². The van der Waals surface area contributed by atoms with E-state index >= 15 is 0 Å². The van der Waals surface area contributed by atoms with Crippen LogP contribution in [0.3, 0.4) is 0 Å².